The third-order valence-electron chi connectivity index (χ3n) is 12.0. The van der Waals surface area contributed by atoms with Crippen LogP contribution in [-0.2, 0) is 41.6 Å². The van der Waals surface area contributed by atoms with Crippen LogP contribution in [0.1, 0.15) is 120 Å². The molecule has 0 atom stereocenters. The minimum atomic E-state index is -0.508. The summed E-state index contributed by atoms with van der Waals surface area (Å²) < 4.78 is 0. The Morgan fingerprint density at radius 2 is 0.938 bits per heavy atom. The quantitative estimate of drug-likeness (QED) is 0.107. The standard InChI is InChI=1S/C25H28ClNO.C23H27N.C2H2Cl2O.2CO2.ClH/c1-16-8-10-20-19(12-16)14-22(25(20)18-6-4-3-5-7-18)21-11-9-17(2)13-23(21)27-24(28)15-26;1-15-8-10-19-18(12-15)14-21(20-11-9-16(2)13-22(20)24)23(19)17-6-4-3-5-7-17;3-1-2(4)5;2*2-1-3;/h8-13,18H,3-7,14-15H2,1-2H3,(H,27,28);8-13,17H,3-7,14,24H2,1-2H3;1H2;;;1H. The van der Waals surface area contributed by atoms with E-state index in [2.05, 4.69) is 106 Å². The van der Waals surface area contributed by atoms with E-state index >= 15 is 0 Å². The normalized spacial score (nSPS) is 15.0. The van der Waals surface area contributed by atoms with Gasteiger partial charge in [0, 0.05) is 22.5 Å². The molecule has 0 unspecified atom stereocenters. The molecule has 2 fully saturated rings. The number of allylic oxidation sites excluding steroid dienone is 4. The van der Waals surface area contributed by atoms with Gasteiger partial charge >= 0.3 is 12.3 Å². The Balaban J connectivity index is 0.000000275. The van der Waals surface area contributed by atoms with E-state index in [-0.39, 0.29) is 42.4 Å². The summed E-state index contributed by atoms with van der Waals surface area (Å²) in [4.78, 5) is 54.0. The summed E-state index contributed by atoms with van der Waals surface area (Å²) >= 11 is 15.3. The number of carbonyl (C=O) groups excluding carboxylic acids is 6. The number of aryl methyl sites for hydroxylation is 4. The number of nitrogens with one attached hydrogen (secondary N) is 1. The Kier molecular flexibility index (Phi) is 22.5. The molecular weight excluding hydrogens is 890 g/mol. The lowest BCUT2D eigenvalue weighted by molar-refractivity contribution is -0.193. The Bertz CT molecular complexity index is 2370. The maximum absolute atomic E-state index is 12.0. The van der Waals surface area contributed by atoms with Crippen molar-refractivity contribution in [3.63, 3.8) is 0 Å². The lowest BCUT2D eigenvalue weighted by atomic mass is 9.79. The maximum Gasteiger partial charge on any atom is 0.373 e. The summed E-state index contributed by atoms with van der Waals surface area (Å²) in [7, 11) is 0. The highest BCUT2D eigenvalue weighted by atomic mass is 35.5. The second kappa shape index (κ2) is 26.9. The fourth-order valence-electron chi connectivity index (χ4n) is 9.52. The van der Waals surface area contributed by atoms with Gasteiger partial charge in [-0.25, -0.2) is 0 Å². The Morgan fingerprint density at radius 1 is 0.578 bits per heavy atom. The van der Waals surface area contributed by atoms with Gasteiger partial charge in [0.05, 0.1) is 5.88 Å². The number of nitrogen functional groups attached to an aromatic ring is 1. The van der Waals surface area contributed by atoms with Gasteiger partial charge in [0.1, 0.15) is 5.88 Å². The van der Waals surface area contributed by atoms with Gasteiger partial charge in [0.15, 0.2) is 0 Å². The minimum absolute atomic E-state index is 0. The lowest BCUT2D eigenvalue weighted by Crippen LogP contribution is -2.14. The van der Waals surface area contributed by atoms with Gasteiger partial charge in [0.25, 0.3) is 0 Å². The van der Waals surface area contributed by atoms with Crippen LogP contribution >= 0.6 is 47.2 Å². The number of hydrogen-bond acceptors (Lipinski definition) is 7. The van der Waals surface area contributed by atoms with Gasteiger partial charge in [-0.3, -0.25) is 9.59 Å². The zero-order valence-electron chi connectivity index (χ0n) is 37.1. The predicted molar refractivity (Wildman–Crippen MR) is 262 cm³/mol. The number of hydrogen-bond donors (Lipinski definition) is 2. The van der Waals surface area contributed by atoms with Crippen LogP contribution in [0.5, 0.6) is 0 Å². The highest BCUT2D eigenvalue weighted by Crippen LogP contribution is 2.49. The molecule has 0 heterocycles. The first-order valence-corrected chi connectivity index (χ1v) is 23.0. The molecule has 4 aromatic rings. The summed E-state index contributed by atoms with van der Waals surface area (Å²) in [5.74, 6) is 1.05. The zero-order chi connectivity index (χ0) is 46.1. The SMILES string of the molecule is Cc1ccc(C2=C(C3CCCCC3)c3ccc(C)cc3C2)c(N)c1.Cc1ccc2c(c1)CC(c1ccc(C)cc1NC(=O)CCl)=C2C1CCCCC1.Cl.O=C(Cl)CCl.O=C=O.O=C=O. The molecule has 4 aromatic carbocycles. The molecular formula is C52H58Cl4N2O6. The van der Waals surface area contributed by atoms with Crippen molar-refractivity contribution in [3.05, 3.63) is 128 Å². The van der Waals surface area contributed by atoms with E-state index in [4.69, 9.17) is 59.7 Å². The number of alkyl halides is 2. The summed E-state index contributed by atoms with van der Waals surface area (Å²) in [6.07, 6.45) is 15.8. The molecule has 0 bridgehead atoms. The van der Waals surface area contributed by atoms with Gasteiger partial charge in [-0.15, -0.1) is 35.6 Å². The largest absolute Gasteiger partial charge is 0.398 e. The van der Waals surface area contributed by atoms with E-state index in [0.29, 0.717) is 11.8 Å². The molecule has 0 aromatic heterocycles. The van der Waals surface area contributed by atoms with Crippen molar-refractivity contribution < 1.29 is 28.8 Å². The molecule has 4 aliphatic rings. The maximum atomic E-state index is 12.0. The zero-order valence-corrected chi connectivity index (χ0v) is 40.1. The average Bonchev–Trinajstić information content (AvgIpc) is 3.83. The number of rotatable bonds is 7. The van der Waals surface area contributed by atoms with Crippen LogP contribution in [0, 0.1) is 39.5 Å². The average molecular weight is 949 g/mol. The van der Waals surface area contributed by atoms with E-state index < -0.39 is 5.24 Å². The molecule has 4 aliphatic carbocycles. The van der Waals surface area contributed by atoms with Crippen molar-refractivity contribution in [3.8, 4) is 0 Å². The molecule has 1 amide bonds. The highest BCUT2D eigenvalue weighted by molar-refractivity contribution is 6.67. The monoisotopic (exact) mass is 946 g/mol. The predicted octanol–water partition coefficient (Wildman–Crippen LogP) is 12.7. The summed E-state index contributed by atoms with van der Waals surface area (Å²) in [5.41, 5.74) is 27.5. The van der Waals surface area contributed by atoms with E-state index in [1.807, 2.05) is 0 Å². The van der Waals surface area contributed by atoms with Crippen molar-refractivity contribution in [1.29, 1.82) is 0 Å². The molecule has 0 spiro atoms. The summed E-state index contributed by atoms with van der Waals surface area (Å²) in [6, 6.07) is 26.8. The van der Waals surface area contributed by atoms with E-state index in [9.17, 15) is 9.59 Å². The molecule has 340 valence electrons. The minimum Gasteiger partial charge on any atom is -0.398 e. The third kappa shape index (κ3) is 14.6. The van der Waals surface area contributed by atoms with Crippen molar-refractivity contribution >= 4 is 104 Å². The summed E-state index contributed by atoms with van der Waals surface area (Å²) in [5, 5.41) is 2.53. The molecule has 64 heavy (non-hydrogen) atoms. The number of nitrogens with two attached hydrogens (primary N) is 1. The number of halogens is 4. The fourth-order valence-corrected chi connectivity index (χ4v) is 9.59. The van der Waals surface area contributed by atoms with Crippen molar-refractivity contribution in [2.24, 2.45) is 11.8 Å². The van der Waals surface area contributed by atoms with Crippen LogP contribution in [-0.4, -0.2) is 35.2 Å². The molecule has 0 saturated heterocycles. The second-order valence-corrected chi connectivity index (χ2v) is 17.6. The summed E-state index contributed by atoms with van der Waals surface area (Å²) in [6.45, 7) is 8.53. The molecule has 8 rings (SSSR count). The molecule has 2 saturated carbocycles. The van der Waals surface area contributed by atoms with Crippen molar-refractivity contribution in [1.82, 2.24) is 0 Å². The van der Waals surface area contributed by atoms with E-state index in [1.54, 1.807) is 5.57 Å². The van der Waals surface area contributed by atoms with E-state index in [0.717, 1.165) is 35.3 Å². The van der Waals surface area contributed by atoms with Crippen LogP contribution in [0.3, 0.4) is 0 Å². The molecule has 3 N–H and O–H groups in total. The highest BCUT2D eigenvalue weighted by Gasteiger charge is 2.32. The van der Waals surface area contributed by atoms with Crippen LogP contribution in [0.15, 0.2) is 72.8 Å². The first-order chi connectivity index (χ1) is 30.3. The fraction of sp³-hybridized carbons (Fsp3) is 0.385. The van der Waals surface area contributed by atoms with Gasteiger partial charge < -0.3 is 11.1 Å². The lowest BCUT2D eigenvalue weighted by Gasteiger charge is -2.26. The Hall–Kier alpha value is -4.78. The number of benzene rings is 4. The number of amides is 1. The first kappa shape index (κ1) is 53.6. The molecule has 0 radical (unpaired) electrons. The number of carbonyl (C=O) groups is 2. The van der Waals surface area contributed by atoms with Crippen LogP contribution < -0.4 is 11.1 Å². The van der Waals surface area contributed by atoms with E-state index in [1.165, 1.54) is 125 Å². The first-order valence-electron chi connectivity index (χ1n) is 21.5. The Labute approximate surface area is 398 Å². The van der Waals surface area contributed by atoms with Gasteiger partial charge in [-0.05, 0) is 157 Å². The van der Waals surface area contributed by atoms with Gasteiger partial charge in [0.2, 0.25) is 11.1 Å². The molecule has 8 nitrogen and oxygen atoms in total. The smallest absolute Gasteiger partial charge is 0.373 e. The van der Waals surface area contributed by atoms with Crippen LogP contribution in [0.2, 0.25) is 0 Å². The van der Waals surface area contributed by atoms with Crippen molar-refractivity contribution in [2.45, 2.75) is 105 Å². The third-order valence-corrected chi connectivity index (χ3v) is 12.8. The van der Waals surface area contributed by atoms with Crippen LogP contribution in [0.4, 0.5) is 11.4 Å². The Morgan fingerprint density at radius 3 is 1.33 bits per heavy atom. The molecule has 12 heteroatoms. The topological polar surface area (TPSA) is 140 Å². The van der Waals surface area contributed by atoms with Gasteiger partial charge in [-0.2, -0.15) is 19.2 Å². The van der Waals surface area contributed by atoms with Crippen LogP contribution in [0.25, 0.3) is 22.3 Å². The molecule has 0 aliphatic heterocycles. The number of anilines is 2. The number of fused-ring (bicyclic) bond motifs is 2. The second-order valence-electron chi connectivity index (χ2n) is 16.6. The van der Waals surface area contributed by atoms with Gasteiger partial charge in [-0.1, -0.05) is 110 Å². The van der Waals surface area contributed by atoms with Crippen molar-refractivity contribution in [2.75, 3.05) is 22.8 Å².